The Morgan fingerprint density at radius 2 is 2.05 bits per heavy atom. The number of carbonyl (C=O) groups excluding carboxylic acids is 1. The minimum atomic E-state index is -0.339. The maximum absolute atomic E-state index is 11.6. The normalized spacial score (nSPS) is 11.2. The van der Waals surface area contributed by atoms with Crippen molar-refractivity contribution < 1.29 is 9.53 Å². The van der Waals surface area contributed by atoms with E-state index in [0.29, 0.717) is 17.9 Å². The van der Waals surface area contributed by atoms with Crippen molar-refractivity contribution >= 4 is 17.3 Å². The highest BCUT2D eigenvalue weighted by Crippen LogP contribution is 2.26. The Balaban J connectivity index is 2.86. The van der Waals surface area contributed by atoms with E-state index in [9.17, 15) is 4.79 Å². The number of hydrogen-bond acceptors (Lipinski definition) is 4. The van der Waals surface area contributed by atoms with Gasteiger partial charge in [0.1, 0.15) is 0 Å². The number of nitrogens with two attached hydrogens (primary N) is 1. The minimum absolute atomic E-state index is 0.0195. The summed E-state index contributed by atoms with van der Waals surface area (Å²) in [5, 5.41) is 3.41. The van der Waals surface area contributed by atoms with Crippen molar-refractivity contribution in [3.63, 3.8) is 0 Å². The Hall–Kier alpha value is -1.71. The summed E-state index contributed by atoms with van der Waals surface area (Å²) in [6.45, 7) is 8.56. The molecule has 0 saturated heterocycles. The van der Waals surface area contributed by atoms with Crippen LogP contribution in [0.1, 0.15) is 50.9 Å². The molecule has 0 amide bonds. The van der Waals surface area contributed by atoms with Gasteiger partial charge in [-0.1, -0.05) is 13.3 Å². The van der Waals surface area contributed by atoms with Gasteiger partial charge in [-0.3, -0.25) is 0 Å². The van der Waals surface area contributed by atoms with Gasteiger partial charge in [-0.2, -0.15) is 0 Å². The second-order valence-corrected chi connectivity index (χ2v) is 5.28. The van der Waals surface area contributed by atoms with Crippen LogP contribution in [0.3, 0.4) is 0 Å². The SMILES string of the molecule is CCCC(C)(C)Nc1ccc(C(=O)OCC)cc1N. The van der Waals surface area contributed by atoms with E-state index in [4.69, 9.17) is 10.5 Å². The summed E-state index contributed by atoms with van der Waals surface area (Å²) >= 11 is 0. The molecule has 0 aliphatic heterocycles. The molecular formula is C15H24N2O2. The molecule has 3 N–H and O–H groups in total. The molecule has 106 valence electrons. The lowest BCUT2D eigenvalue weighted by Crippen LogP contribution is -2.30. The molecule has 0 atom stereocenters. The topological polar surface area (TPSA) is 64.3 Å². The van der Waals surface area contributed by atoms with Gasteiger partial charge in [-0.15, -0.1) is 0 Å². The summed E-state index contributed by atoms with van der Waals surface area (Å²) in [6, 6.07) is 5.22. The van der Waals surface area contributed by atoms with Crippen molar-refractivity contribution in [2.75, 3.05) is 17.7 Å². The van der Waals surface area contributed by atoms with Crippen LogP contribution in [0.4, 0.5) is 11.4 Å². The van der Waals surface area contributed by atoms with Crippen molar-refractivity contribution in [1.29, 1.82) is 0 Å². The van der Waals surface area contributed by atoms with Crippen molar-refractivity contribution in [3.05, 3.63) is 23.8 Å². The zero-order chi connectivity index (χ0) is 14.5. The zero-order valence-corrected chi connectivity index (χ0v) is 12.2. The molecule has 1 rings (SSSR count). The first-order valence-electron chi connectivity index (χ1n) is 6.74. The third-order valence-electron chi connectivity index (χ3n) is 2.91. The summed E-state index contributed by atoms with van der Waals surface area (Å²) in [7, 11) is 0. The van der Waals surface area contributed by atoms with E-state index < -0.39 is 0 Å². The van der Waals surface area contributed by atoms with Crippen LogP contribution in [-0.2, 0) is 4.74 Å². The van der Waals surface area contributed by atoms with Crippen molar-refractivity contribution in [2.24, 2.45) is 0 Å². The van der Waals surface area contributed by atoms with E-state index >= 15 is 0 Å². The van der Waals surface area contributed by atoms with Gasteiger partial charge in [0.15, 0.2) is 0 Å². The first kappa shape index (κ1) is 15.3. The average molecular weight is 264 g/mol. The van der Waals surface area contributed by atoms with Crippen LogP contribution in [0.15, 0.2) is 18.2 Å². The van der Waals surface area contributed by atoms with Gasteiger partial charge in [0.2, 0.25) is 0 Å². The Bertz CT molecular complexity index is 442. The van der Waals surface area contributed by atoms with Gasteiger partial charge in [0.25, 0.3) is 0 Å². The molecule has 0 fully saturated rings. The minimum Gasteiger partial charge on any atom is -0.462 e. The molecule has 4 nitrogen and oxygen atoms in total. The van der Waals surface area contributed by atoms with E-state index in [-0.39, 0.29) is 11.5 Å². The number of carbonyl (C=O) groups is 1. The van der Waals surface area contributed by atoms with Crippen molar-refractivity contribution in [1.82, 2.24) is 0 Å². The molecule has 0 aliphatic carbocycles. The van der Waals surface area contributed by atoms with Crippen molar-refractivity contribution in [3.8, 4) is 0 Å². The molecule has 4 heteroatoms. The second kappa shape index (κ2) is 6.45. The Labute approximate surface area is 115 Å². The molecular weight excluding hydrogens is 240 g/mol. The van der Waals surface area contributed by atoms with Gasteiger partial charge in [-0.05, 0) is 45.4 Å². The van der Waals surface area contributed by atoms with Crippen LogP contribution in [0.5, 0.6) is 0 Å². The number of nitrogen functional groups attached to an aromatic ring is 1. The maximum Gasteiger partial charge on any atom is 0.338 e. The molecule has 0 heterocycles. The van der Waals surface area contributed by atoms with E-state index in [1.807, 2.05) is 6.07 Å². The van der Waals surface area contributed by atoms with Crippen LogP contribution >= 0.6 is 0 Å². The monoisotopic (exact) mass is 264 g/mol. The largest absolute Gasteiger partial charge is 0.462 e. The summed E-state index contributed by atoms with van der Waals surface area (Å²) in [6.07, 6.45) is 2.15. The number of anilines is 2. The first-order chi connectivity index (χ1) is 8.89. The highest BCUT2D eigenvalue weighted by molar-refractivity contribution is 5.92. The summed E-state index contributed by atoms with van der Waals surface area (Å²) < 4.78 is 4.95. The molecule has 0 radical (unpaired) electrons. The Morgan fingerprint density at radius 1 is 1.37 bits per heavy atom. The van der Waals surface area contributed by atoms with Gasteiger partial charge in [-0.25, -0.2) is 4.79 Å². The van der Waals surface area contributed by atoms with Crippen LogP contribution < -0.4 is 11.1 Å². The molecule has 0 aromatic heterocycles. The number of ether oxygens (including phenoxy) is 1. The lowest BCUT2D eigenvalue weighted by Gasteiger charge is -2.28. The van der Waals surface area contributed by atoms with Crippen LogP contribution in [0.25, 0.3) is 0 Å². The van der Waals surface area contributed by atoms with Gasteiger partial charge in [0.05, 0.1) is 23.5 Å². The predicted octanol–water partition coefficient (Wildman–Crippen LogP) is 3.44. The molecule has 0 spiro atoms. The Morgan fingerprint density at radius 3 is 2.58 bits per heavy atom. The molecule has 19 heavy (non-hydrogen) atoms. The van der Waals surface area contributed by atoms with Gasteiger partial charge >= 0.3 is 5.97 Å². The van der Waals surface area contributed by atoms with Crippen LogP contribution in [0.2, 0.25) is 0 Å². The fourth-order valence-electron chi connectivity index (χ4n) is 2.07. The van der Waals surface area contributed by atoms with Crippen molar-refractivity contribution in [2.45, 2.75) is 46.1 Å². The maximum atomic E-state index is 11.6. The molecule has 0 saturated carbocycles. The number of rotatable bonds is 6. The highest BCUT2D eigenvalue weighted by Gasteiger charge is 2.18. The van der Waals surface area contributed by atoms with E-state index in [1.54, 1.807) is 19.1 Å². The summed E-state index contributed by atoms with van der Waals surface area (Å²) in [4.78, 5) is 11.6. The number of hydrogen-bond donors (Lipinski definition) is 2. The fraction of sp³-hybridized carbons (Fsp3) is 0.533. The third kappa shape index (κ3) is 4.47. The first-order valence-corrected chi connectivity index (χ1v) is 6.74. The zero-order valence-electron chi connectivity index (χ0n) is 12.2. The average Bonchev–Trinajstić information content (AvgIpc) is 2.31. The van der Waals surface area contributed by atoms with E-state index in [2.05, 4.69) is 26.1 Å². The van der Waals surface area contributed by atoms with Gasteiger partial charge in [0, 0.05) is 5.54 Å². The standard InChI is InChI=1S/C15H24N2O2/c1-5-9-15(3,4)17-13-8-7-11(10-12(13)16)14(18)19-6-2/h7-8,10,17H,5-6,9,16H2,1-4H3. The molecule has 0 aliphatic rings. The lowest BCUT2D eigenvalue weighted by molar-refractivity contribution is 0.0526. The van der Waals surface area contributed by atoms with E-state index in [1.165, 1.54) is 0 Å². The van der Waals surface area contributed by atoms with Crippen LogP contribution in [-0.4, -0.2) is 18.1 Å². The smallest absolute Gasteiger partial charge is 0.338 e. The van der Waals surface area contributed by atoms with E-state index in [0.717, 1.165) is 18.5 Å². The van der Waals surface area contributed by atoms with Gasteiger partial charge < -0.3 is 15.8 Å². The highest BCUT2D eigenvalue weighted by atomic mass is 16.5. The quantitative estimate of drug-likeness (QED) is 0.610. The fourth-order valence-corrected chi connectivity index (χ4v) is 2.07. The Kier molecular flexibility index (Phi) is 5.21. The number of esters is 1. The molecule has 0 bridgehead atoms. The van der Waals surface area contributed by atoms with Crippen LogP contribution in [0, 0.1) is 0 Å². The summed E-state index contributed by atoms with van der Waals surface area (Å²) in [5.74, 6) is -0.339. The lowest BCUT2D eigenvalue weighted by atomic mass is 9.98. The molecule has 1 aromatic carbocycles. The second-order valence-electron chi connectivity index (χ2n) is 5.28. The summed E-state index contributed by atoms with van der Waals surface area (Å²) in [5.41, 5.74) is 7.87. The number of benzene rings is 1. The molecule has 1 aromatic rings. The predicted molar refractivity (Wildman–Crippen MR) is 79.4 cm³/mol. The number of nitrogens with one attached hydrogen (secondary N) is 1. The molecule has 0 unspecified atom stereocenters. The third-order valence-corrected chi connectivity index (χ3v) is 2.91.